The monoisotopic (exact) mass is 328 g/mol. The standard InChI is InChI=1S/C15H12F4N2O2/c1-4-8-5-10(11(16)6-9(8)14(22)23-3)13-20-12(7-21(13)2)15(17,18)19/h4-7H,1H2,2-3H3. The summed E-state index contributed by atoms with van der Waals surface area (Å²) in [5.74, 6) is -1.88. The number of esters is 1. The highest BCUT2D eigenvalue weighted by atomic mass is 19.4. The summed E-state index contributed by atoms with van der Waals surface area (Å²) < 4.78 is 58.0. The molecule has 0 aliphatic rings. The second kappa shape index (κ2) is 5.86. The van der Waals surface area contributed by atoms with E-state index in [1.165, 1.54) is 19.2 Å². The molecule has 1 heterocycles. The number of rotatable bonds is 3. The fourth-order valence-corrected chi connectivity index (χ4v) is 2.07. The Morgan fingerprint density at radius 3 is 2.52 bits per heavy atom. The third-order valence-corrected chi connectivity index (χ3v) is 3.17. The van der Waals surface area contributed by atoms with Crippen LogP contribution in [0.1, 0.15) is 21.6 Å². The van der Waals surface area contributed by atoms with Crippen LogP contribution in [0, 0.1) is 5.82 Å². The third kappa shape index (κ3) is 3.10. The molecular formula is C15H12F4N2O2. The van der Waals surface area contributed by atoms with Crippen LogP contribution >= 0.6 is 0 Å². The zero-order valence-electron chi connectivity index (χ0n) is 12.2. The lowest BCUT2D eigenvalue weighted by molar-refractivity contribution is -0.140. The first-order chi connectivity index (χ1) is 10.7. The zero-order chi connectivity index (χ0) is 17.4. The molecule has 0 atom stereocenters. The van der Waals surface area contributed by atoms with Crippen molar-refractivity contribution in [1.82, 2.24) is 9.55 Å². The number of methoxy groups -OCH3 is 1. The average Bonchev–Trinajstić information content (AvgIpc) is 2.88. The minimum Gasteiger partial charge on any atom is -0.465 e. The van der Waals surface area contributed by atoms with E-state index < -0.39 is 23.7 Å². The minimum atomic E-state index is -4.64. The molecule has 0 saturated heterocycles. The Balaban J connectivity index is 2.63. The van der Waals surface area contributed by atoms with Crippen molar-refractivity contribution in [2.45, 2.75) is 6.18 Å². The van der Waals surface area contributed by atoms with Gasteiger partial charge in [0.2, 0.25) is 0 Å². The molecule has 0 saturated carbocycles. The van der Waals surface area contributed by atoms with Crippen LogP contribution < -0.4 is 0 Å². The number of aryl methyl sites for hydroxylation is 1. The number of hydrogen-bond acceptors (Lipinski definition) is 3. The Kier molecular flexibility index (Phi) is 4.26. The van der Waals surface area contributed by atoms with Crippen molar-refractivity contribution in [3.63, 3.8) is 0 Å². The van der Waals surface area contributed by atoms with Crippen molar-refractivity contribution in [3.05, 3.63) is 47.5 Å². The molecule has 0 unspecified atom stereocenters. The van der Waals surface area contributed by atoms with Gasteiger partial charge in [0.25, 0.3) is 0 Å². The molecule has 0 aliphatic heterocycles. The molecule has 2 aromatic rings. The van der Waals surface area contributed by atoms with Crippen molar-refractivity contribution >= 4 is 12.0 Å². The van der Waals surface area contributed by atoms with Crippen molar-refractivity contribution in [2.75, 3.05) is 7.11 Å². The maximum Gasteiger partial charge on any atom is 0.434 e. The molecule has 23 heavy (non-hydrogen) atoms. The van der Waals surface area contributed by atoms with E-state index in [0.29, 0.717) is 0 Å². The van der Waals surface area contributed by atoms with E-state index in [2.05, 4.69) is 16.3 Å². The molecule has 4 nitrogen and oxygen atoms in total. The first-order valence-electron chi connectivity index (χ1n) is 6.34. The van der Waals surface area contributed by atoms with Crippen LogP contribution in [-0.4, -0.2) is 22.6 Å². The van der Waals surface area contributed by atoms with Crippen LogP contribution in [0.3, 0.4) is 0 Å². The second-order valence-electron chi connectivity index (χ2n) is 4.67. The van der Waals surface area contributed by atoms with E-state index >= 15 is 0 Å². The molecule has 0 bridgehead atoms. The summed E-state index contributed by atoms with van der Waals surface area (Å²) in [4.78, 5) is 15.0. The number of carbonyl (C=O) groups is 1. The SMILES string of the molecule is C=Cc1cc(-c2nc(C(F)(F)F)cn2C)c(F)cc1C(=O)OC. The number of ether oxygens (including phenoxy) is 1. The van der Waals surface area contributed by atoms with E-state index in [9.17, 15) is 22.4 Å². The normalized spacial score (nSPS) is 11.4. The molecule has 0 radical (unpaired) electrons. The quantitative estimate of drug-likeness (QED) is 0.638. The van der Waals surface area contributed by atoms with E-state index in [-0.39, 0.29) is 22.5 Å². The number of halogens is 4. The number of nitrogens with zero attached hydrogens (tertiary/aromatic N) is 2. The third-order valence-electron chi connectivity index (χ3n) is 3.17. The fraction of sp³-hybridized carbons (Fsp3) is 0.200. The van der Waals surface area contributed by atoms with Gasteiger partial charge in [0.05, 0.1) is 18.2 Å². The molecular weight excluding hydrogens is 316 g/mol. The first kappa shape index (κ1) is 16.7. The molecule has 0 spiro atoms. The van der Waals surface area contributed by atoms with E-state index in [0.717, 1.165) is 23.9 Å². The minimum absolute atomic E-state index is 0.0750. The zero-order valence-corrected chi connectivity index (χ0v) is 12.2. The van der Waals surface area contributed by atoms with Gasteiger partial charge in [0, 0.05) is 13.2 Å². The number of aromatic nitrogens is 2. The summed E-state index contributed by atoms with van der Waals surface area (Å²) in [6.45, 7) is 3.50. The van der Waals surface area contributed by atoms with Gasteiger partial charge in [-0.15, -0.1) is 0 Å². The van der Waals surface area contributed by atoms with Crippen LogP contribution in [0.2, 0.25) is 0 Å². The van der Waals surface area contributed by atoms with Crippen LogP contribution in [0.25, 0.3) is 17.5 Å². The lowest BCUT2D eigenvalue weighted by Crippen LogP contribution is -2.06. The highest BCUT2D eigenvalue weighted by molar-refractivity contribution is 5.94. The molecule has 0 amide bonds. The Hall–Kier alpha value is -2.64. The lowest BCUT2D eigenvalue weighted by Gasteiger charge is -2.09. The summed E-state index contributed by atoms with van der Waals surface area (Å²) in [6.07, 6.45) is -2.60. The predicted molar refractivity (Wildman–Crippen MR) is 75.0 cm³/mol. The Morgan fingerprint density at radius 1 is 1.39 bits per heavy atom. The van der Waals surface area contributed by atoms with Gasteiger partial charge in [0.15, 0.2) is 5.69 Å². The summed E-state index contributed by atoms with van der Waals surface area (Å²) in [5, 5.41) is 0. The summed E-state index contributed by atoms with van der Waals surface area (Å²) >= 11 is 0. The van der Waals surface area contributed by atoms with Gasteiger partial charge in [-0.05, 0) is 17.7 Å². The van der Waals surface area contributed by atoms with E-state index in [1.807, 2.05) is 0 Å². The summed E-state index contributed by atoms with van der Waals surface area (Å²) in [6, 6.07) is 2.09. The number of imidazole rings is 1. The molecule has 1 aromatic heterocycles. The van der Waals surface area contributed by atoms with Crippen LogP contribution in [0.4, 0.5) is 17.6 Å². The Morgan fingerprint density at radius 2 is 2.04 bits per heavy atom. The second-order valence-corrected chi connectivity index (χ2v) is 4.67. The van der Waals surface area contributed by atoms with Gasteiger partial charge in [-0.1, -0.05) is 12.7 Å². The van der Waals surface area contributed by atoms with Gasteiger partial charge in [-0.2, -0.15) is 13.2 Å². The van der Waals surface area contributed by atoms with Crippen molar-refractivity contribution in [3.8, 4) is 11.4 Å². The molecule has 1 aromatic carbocycles. The molecule has 8 heteroatoms. The van der Waals surface area contributed by atoms with Crippen molar-refractivity contribution in [2.24, 2.45) is 7.05 Å². The summed E-state index contributed by atoms with van der Waals surface area (Å²) in [7, 11) is 2.45. The largest absolute Gasteiger partial charge is 0.465 e. The number of hydrogen-bond donors (Lipinski definition) is 0. The van der Waals surface area contributed by atoms with Gasteiger partial charge >= 0.3 is 12.1 Å². The molecule has 122 valence electrons. The van der Waals surface area contributed by atoms with Gasteiger partial charge in [0.1, 0.15) is 11.6 Å². The maximum atomic E-state index is 14.3. The van der Waals surface area contributed by atoms with E-state index in [4.69, 9.17) is 0 Å². The highest BCUT2D eigenvalue weighted by Crippen LogP contribution is 2.32. The smallest absolute Gasteiger partial charge is 0.434 e. The van der Waals surface area contributed by atoms with Crippen LogP contribution in [-0.2, 0) is 18.0 Å². The number of alkyl halides is 3. The Labute approximate surface area is 129 Å². The molecule has 0 fully saturated rings. The average molecular weight is 328 g/mol. The van der Waals surface area contributed by atoms with Crippen molar-refractivity contribution < 1.29 is 27.1 Å². The molecule has 0 aliphatic carbocycles. The molecule has 0 N–H and O–H groups in total. The fourth-order valence-electron chi connectivity index (χ4n) is 2.07. The summed E-state index contributed by atoms with van der Waals surface area (Å²) in [5.41, 5.74) is -1.16. The maximum absolute atomic E-state index is 14.3. The van der Waals surface area contributed by atoms with Gasteiger partial charge < -0.3 is 9.30 Å². The highest BCUT2D eigenvalue weighted by Gasteiger charge is 2.35. The Bertz CT molecular complexity index is 779. The first-order valence-corrected chi connectivity index (χ1v) is 6.34. The van der Waals surface area contributed by atoms with E-state index in [1.54, 1.807) is 0 Å². The van der Waals surface area contributed by atoms with Gasteiger partial charge in [-0.25, -0.2) is 14.2 Å². The topological polar surface area (TPSA) is 44.1 Å². The lowest BCUT2D eigenvalue weighted by atomic mass is 10.0. The van der Waals surface area contributed by atoms with Crippen molar-refractivity contribution in [1.29, 1.82) is 0 Å². The van der Waals surface area contributed by atoms with Crippen LogP contribution in [0.15, 0.2) is 24.9 Å². The number of benzene rings is 1. The predicted octanol–water partition coefficient (Wildman–Crippen LogP) is 3.67. The van der Waals surface area contributed by atoms with Crippen LogP contribution in [0.5, 0.6) is 0 Å². The van der Waals surface area contributed by atoms with Gasteiger partial charge in [-0.3, -0.25) is 0 Å². The molecule has 2 rings (SSSR count). The number of carbonyl (C=O) groups excluding carboxylic acids is 1.